The summed E-state index contributed by atoms with van der Waals surface area (Å²) in [6.45, 7) is 1.43. The van der Waals surface area contributed by atoms with Gasteiger partial charge in [0.1, 0.15) is 0 Å². The van der Waals surface area contributed by atoms with Gasteiger partial charge in [0.25, 0.3) is 0 Å². The summed E-state index contributed by atoms with van der Waals surface area (Å²) in [5.74, 6) is 0.0325. The summed E-state index contributed by atoms with van der Waals surface area (Å²) in [7, 11) is 0. The van der Waals surface area contributed by atoms with Crippen LogP contribution in [0.2, 0.25) is 0 Å². The van der Waals surface area contributed by atoms with Crippen molar-refractivity contribution in [3.63, 3.8) is 0 Å². The molecule has 1 unspecified atom stereocenters. The molecule has 1 atom stereocenters. The molecule has 2 heterocycles. The van der Waals surface area contributed by atoms with E-state index in [2.05, 4.69) is 15.3 Å². The van der Waals surface area contributed by atoms with Crippen LogP contribution >= 0.6 is 0 Å². The summed E-state index contributed by atoms with van der Waals surface area (Å²) in [4.78, 5) is 7.58. The van der Waals surface area contributed by atoms with E-state index in [9.17, 15) is 4.39 Å². The number of hydrogen-bond acceptors (Lipinski definition) is 4. The Bertz CT molecular complexity index is 271. The van der Waals surface area contributed by atoms with Crippen LogP contribution < -0.4 is 5.32 Å². The van der Waals surface area contributed by atoms with E-state index in [-0.39, 0.29) is 6.04 Å². The predicted octanol–water partition coefficient (Wildman–Crippen LogP) is 0.817. The number of nitrogens with one attached hydrogen (secondary N) is 1. The highest BCUT2D eigenvalue weighted by molar-refractivity contribution is 5.24. The van der Waals surface area contributed by atoms with E-state index in [1.165, 1.54) is 0 Å². The first-order valence-corrected chi connectivity index (χ1v) is 4.16. The van der Waals surface area contributed by atoms with E-state index in [0.29, 0.717) is 12.6 Å². The lowest BCUT2D eigenvalue weighted by Crippen LogP contribution is -2.20. The Morgan fingerprint density at radius 3 is 2.85 bits per heavy atom. The smallest absolute Gasteiger partial charge is 0.223 e. The number of anilines is 1. The van der Waals surface area contributed by atoms with Gasteiger partial charge in [-0.05, 0) is 6.42 Å². The fraction of sp³-hybridized carbons (Fsp3) is 0.500. The fourth-order valence-electron chi connectivity index (χ4n) is 1.22. The predicted molar refractivity (Wildman–Crippen MR) is 44.8 cm³/mol. The molecule has 1 N–H and O–H groups in total. The zero-order valence-electron chi connectivity index (χ0n) is 7.03. The van der Waals surface area contributed by atoms with Crippen molar-refractivity contribution in [3.05, 3.63) is 18.2 Å². The number of ether oxygens (including phenoxy) is 1. The first kappa shape index (κ1) is 8.37. The van der Waals surface area contributed by atoms with Gasteiger partial charge in [-0.1, -0.05) is 0 Å². The molecule has 13 heavy (non-hydrogen) atoms. The number of hydrogen-bond donors (Lipinski definition) is 1. The van der Waals surface area contributed by atoms with Crippen molar-refractivity contribution in [2.45, 2.75) is 12.5 Å². The first-order chi connectivity index (χ1) is 6.34. The molecule has 1 aromatic rings. The summed E-state index contributed by atoms with van der Waals surface area (Å²) in [5, 5.41) is 3.05. The van der Waals surface area contributed by atoms with Gasteiger partial charge in [-0.15, -0.1) is 0 Å². The molecule has 1 aliphatic rings. The van der Waals surface area contributed by atoms with Crippen molar-refractivity contribution in [2.75, 3.05) is 18.5 Å². The molecule has 0 amide bonds. The zero-order valence-corrected chi connectivity index (χ0v) is 7.03. The molecule has 1 fully saturated rings. The molecule has 0 aliphatic carbocycles. The Morgan fingerprint density at radius 1 is 1.46 bits per heavy atom. The highest BCUT2D eigenvalue weighted by Gasteiger charge is 2.15. The molecule has 5 heteroatoms. The monoisotopic (exact) mass is 183 g/mol. The van der Waals surface area contributed by atoms with Gasteiger partial charge in [0.05, 0.1) is 25.0 Å². The minimum atomic E-state index is -0.423. The van der Waals surface area contributed by atoms with Crippen LogP contribution in [-0.4, -0.2) is 29.2 Å². The summed E-state index contributed by atoms with van der Waals surface area (Å²) in [6.07, 6.45) is 3.23. The fourth-order valence-corrected chi connectivity index (χ4v) is 1.22. The third-order valence-electron chi connectivity index (χ3n) is 1.88. The van der Waals surface area contributed by atoms with Gasteiger partial charge in [-0.25, -0.2) is 14.4 Å². The van der Waals surface area contributed by atoms with Crippen LogP contribution in [0.15, 0.2) is 12.4 Å². The van der Waals surface area contributed by atoms with Crippen LogP contribution in [-0.2, 0) is 4.74 Å². The Morgan fingerprint density at radius 2 is 2.23 bits per heavy atom. The topological polar surface area (TPSA) is 47.0 Å². The highest BCUT2D eigenvalue weighted by Crippen LogP contribution is 2.08. The summed E-state index contributed by atoms with van der Waals surface area (Å²) in [6, 6.07) is 0.255. The standard InChI is InChI=1S/C8H10FN3O/c9-6-3-10-8(11-4-6)12-7-1-2-13-5-7/h3-4,7H,1-2,5H2,(H,10,11,12). The molecule has 1 aliphatic heterocycles. The molecule has 1 aromatic heterocycles. The van der Waals surface area contributed by atoms with Crippen molar-refractivity contribution in [1.82, 2.24) is 9.97 Å². The Labute approximate surface area is 75.2 Å². The molecule has 0 bridgehead atoms. The minimum absolute atomic E-state index is 0.255. The van der Waals surface area contributed by atoms with Crippen molar-refractivity contribution in [2.24, 2.45) is 0 Å². The molecule has 0 radical (unpaired) electrons. The Hall–Kier alpha value is -1.23. The summed E-state index contributed by atoms with van der Waals surface area (Å²) in [5.41, 5.74) is 0. The van der Waals surface area contributed by atoms with Crippen LogP contribution in [0.1, 0.15) is 6.42 Å². The Kier molecular flexibility index (Phi) is 2.35. The Balaban J connectivity index is 1.97. The van der Waals surface area contributed by atoms with Crippen LogP contribution in [0.25, 0.3) is 0 Å². The van der Waals surface area contributed by atoms with E-state index in [1.807, 2.05) is 0 Å². The molecular formula is C8H10FN3O. The summed E-state index contributed by atoms with van der Waals surface area (Å²) < 4.78 is 17.6. The van der Waals surface area contributed by atoms with E-state index >= 15 is 0 Å². The van der Waals surface area contributed by atoms with E-state index < -0.39 is 5.82 Å². The maximum Gasteiger partial charge on any atom is 0.223 e. The zero-order chi connectivity index (χ0) is 9.10. The van der Waals surface area contributed by atoms with Gasteiger partial charge < -0.3 is 10.1 Å². The van der Waals surface area contributed by atoms with E-state index in [0.717, 1.165) is 25.4 Å². The van der Waals surface area contributed by atoms with Crippen molar-refractivity contribution in [1.29, 1.82) is 0 Å². The highest BCUT2D eigenvalue weighted by atomic mass is 19.1. The molecule has 0 spiro atoms. The van der Waals surface area contributed by atoms with Crippen molar-refractivity contribution in [3.8, 4) is 0 Å². The van der Waals surface area contributed by atoms with Crippen molar-refractivity contribution >= 4 is 5.95 Å². The number of aromatic nitrogens is 2. The molecule has 2 rings (SSSR count). The number of nitrogens with zero attached hydrogens (tertiary/aromatic N) is 2. The lowest BCUT2D eigenvalue weighted by atomic mass is 10.3. The lowest BCUT2D eigenvalue weighted by Gasteiger charge is -2.08. The molecule has 0 saturated carbocycles. The van der Waals surface area contributed by atoms with E-state index in [4.69, 9.17) is 4.74 Å². The summed E-state index contributed by atoms with van der Waals surface area (Å²) >= 11 is 0. The number of halogens is 1. The van der Waals surface area contributed by atoms with Gasteiger partial charge in [-0.2, -0.15) is 0 Å². The van der Waals surface area contributed by atoms with Crippen molar-refractivity contribution < 1.29 is 9.13 Å². The number of rotatable bonds is 2. The molecule has 1 saturated heterocycles. The normalized spacial score (nSPS) is 21.8. The molecule has 70 valence electrons. The van der Waals surface area contributed by atoms with Crippen LogP contribution in [0.5, 0.6) is 0 Å². The quantitative estimate of drug-likeness (QED) is 0.737. The van der Waals surface area contributed by atoms with Crippen LogP contribution in [0.3, 0.4) is 0 Å². The average Bonchev–Trinajstić information content (AvgIpc) is 2.62. The first-order valence-electron chi connectivity index (χ1n) is 4.16. The van der Waals surface area contributed by atoms with Crippen LogP contribution in [0, 0.1) is 5.82 Å². The molecular weight excluding hydrogens is 173 g/mol. The molecule has 0 aromatic carbocycles. The van der Waals surface area contributed by atoms with Gasteiger partial charge >= 0.3 is 0 Å². The van der Waals surface area contributed by atoms with E-state index in [1.54, 1.807) is 0 Å². The third-order valence-corrected chi connectivity index (χ3v) is 1.88. The van der Waals surface area contributed by atoms with Gasteiger partial charge in [0.15, 0.2) is 5.82 Å². The second-order valence-electron chi connectivity index (χ2n) is 2.93. The lowest BCUT2D eigenvalue weighted by molar-refractivity contribution is 0.195. The third kappa shape index (κ3) is 2.12. The second-order valence-corrected chi connectivity index (χ2v) is 2.93. The van der Waals surface area contributed by atoms with Gasteiger partial charge in [0, 0.05) is 6.61 Å². The second kappa shape index (κ2) is 3.66. The van der Waals surface area contributed by atoms with Gasteiger partial charge in [0.2, 0.25) is 5.95 Å². The SMILES string of the molecule is Fc1cnc(NC2CCOC2)nc1. The average molecular weight is 183 g/mol. The maximum atomic E-state index is 12.4. The molecule has 4 nitrogen and oxygen atoms in total. The maximum absolute atomic E-state index is 12.4. The van der Waals surface area contributed by atoms with Crippen LogP contribution in [0.4, 0.5) is 10.3 Å². The minimum Gasteiger partial charge on any atom is -0.379 e. The largest absolute Gasteiger partial charge is 0.379 e. The van der Waals surface area contributed by atoms with Gasteiger partial charge in [-0.3, -0.25) is 0 Å².